The number of aliphatic hydroxyl groups is 1. The summed E-state index contributed by atoms with van der Waals surface area (Å²) in [6, 6.07) is 18.5. The van der Waals surface area contributed by atoms with Gasteiger partial charge in [0, 0.05) is 36.0 Å². The molecule has 48 heavy (non-hydrogen) atoms. The Morgan fingerprint density at radius 2 is 1.69 bits per heavy atom. The molecular weight excluding hydrogens is 646 g/mol. The molecule has 0 aliphatic carbocycles. The van der Waals surface area contributed by atoms with Crippen LogP contribution < -0.4 is 21.3 Å². The smallest absolute Gasteiger partial charge is 0.408 e. The van der Waals surface area contributed by atoms with Crippen LogP contribution in [-0.4, -0.2) is 60.2 Å². The zero-order chi connectivity index (χ0) is 34.7. The molecule has 0 saturated carbocycles. The molecule has 10 nitrogen and oxygen atoms in total. The first-order valence-corrected chi connectivity index (χ1v) is 16.1. The van der Waals surface area contributed by atoms with Crippen LogP contribution in [0.3, 0.4) is 0 Å². The number of ether oxygens (including phenoxy) is 1. The Morgan fingerprint density at radius 3 is 2.31 bits per heavy atom. The summed E-state index contributed by atoms with van der Waals surface area (Å²) in [7, 11) is 0. The van der Waals surface area contributed by atoms with Gasteiger partial charge in [-0.05, 0) is 42.5 Å². The molecule has 1 aliphatic rings. The van der Waals surface area contributed by atoms with Crippen molar-refractivity contribution in [3.63, 3.8) is 0 Å². The Hall–Kier alpha value is -4.55. The third-order valence-electron chi connectivity index (χ3n) is 7.99. The number of rotatable bonds is 15. The summed E-state index contributed by atoms with van der Waals surface area (Å²) in [6.07, 6.45) is -4.22. The van der Waals surface area contributed by atoms with Gasteiger partial charge in [0.25, 0.3) is 5.91 Å². The molecule has 4 rings (SSSR count). The number of carbonyl (C=O) groups is 4. The lowest BCUT2D eigenvalue weighted by atomic mass is 9.94. The van der Waals surface area contributed by atoms with Gasteiger partial charge in [0.1, 0.15) is 6.04 Å². The molecule has 5 N–H and O–H groups in total. The van der Waals surface area contributed by atoms with Crippen molar-refractivity contribution in [3.8, 4) is 0 Å². The van der Waals surface area contributed by atoms with Gasteiger partial charge in [-0.15, -0.1) is 0 Å². The Labute approximate surface area is 282 Å². The van der Waals surface area contributed by atoms with Crippen molar-refractivity contribution >= 4 is 35.4 Å². The zero-order valence-electron chi connectivity index (χ0n) is 26.3. The van der Waals surface area contributed by atoms with E-state index in [1.165, 1.54) is 42.5 Å². The van der Waals surface area contributed by atoms with Gasteiger partial charge in [0.2, 0.25) is 11.8 Å². The summed E-state index contributed by atoms with van der Waals surface area (Å²) in [6.45, 7) is 2.53. The molecule has 256 valence electrons. The van der Waals surface area contributed by atoms with E-state index in [0.717, 1.165) is 6.07 Å². The van der Waals surface area contributed by atoms with Gasteiger partial charge in [-0.3, -0.25) is 14.4 Å². The predicted molar refractivity (Wildman–Crippen MR) is 175 cm³/mol. The number of amides is 4. The van der Waals surface area contributed by atoms with Crippen LogP contribution in [0.25, 0.3) is 0 Å². The first kappa shape index (κ1) is 36.3. The van der Waals surface area contributed by atoms with Gasteiger partial charge in [-0.1, -0.05) is 91.3 Å². The highest BCUT2D eigenvalue weighted by Gasteiger charge is 2.46. The summed E-state index contributed by atoms with van der Waals surface area (Å²) in [5.41, 5.74) is 0.136. The summed E-state index contributed by atoms with van der Waals surface area (Å²) in [5.74, 6) is -6.13. The van der Waals surface area contributed by atoms with Crippen LogP contribution in [0.4, 0.5) is 13.6 Å². The van der Waals surface area contributed by atoms with E-state index in [4.69, 9.17) is 16.3 Å². The van der Waals surface area contributed by atoms with E-state index >= 15 is 8.78 Å². The zero-order valence-corrected chi connectivity index (χ0v) is 27.1. The second kappa shape index (κ2) is 17.0. The number of carbonyl (C=O) groups excluding carboxylic acids is 4. The van der Waals surface area contributed by atoms with Crippen molar-refractivity contribution in [3.05, 3.63) is 107 Å². The Balaban J connectivity index is 1.60. The lowest BCUT2D eigenvalue weighted by molar-refractivity contribution is -0.134. The Morgan fingerprint density at radius 1 is 1.00 bits per heavy atom. The van der Waals surface area contributed by atoms with Crippen molar-refractivity contribution in [1.82, 2.24) is 21.3 Å². The number of aliphatic hydroxyl groups excluding tert-OH is 1. The van der Waals surface area contributed by atoms with Crippen molar-refractivity contribution in [1.29, 1.82) is 0 Å². The molecule has 0 bridgehead atoms. The summed E-state index contributed by atoms with van der Waals surface area (Å²) in [4.78, 5) is 52.3. The molecule has 0 spiro atoms. The van der Waals surface area contributed by atoms with E-state index in [0.29, 0.717) is 24.9 Å². The average molecular weight is 685 g/mol. The summed E-state index contributed by atoms with van der Waals surface area (Å²) >= 11 is 5.99. The highest BCUT2D eigenvalue weighted by molar-refractivity contribution is 6.30. The number of halogens is 3. The quantitative estimate of drug-likeness (QED) is 0.160. The summed E-state index contributed by atoms with van der Waals surface area (Å²) < 4.78 is 37.4. The SMILES string of the molecule is CCCNC(=O)C(O)[C@H](C[C@@H]1CCNC1=O)NC(=O)[C@H](Cc1ccccc1)NC(=O)OC(c1ccccc1)C(F)(F)c1cccc(Cl)c1. The van der Waals surface area contributed by atoms with E-state index in [-0.39, 0.29) is 35.9 Å². The molecule has 2 unspecified atom stereocenters. The molecule has 1 saturated heterocycles. The van der Waals surface area contributed by atoms with Crippen LogP contribution >= 0.6 is 11.6 Å². The van der Waals surface area contributed by atoms with Gasteiger partial charge in [-0.2, -0.15) is 8.78 Å². The standard InChI is InChI=1S/C35H39ClF2N4O6/c1-2-17-39-33(46)29(43)27(20-24-16-18-40-31(24)44)41-32(45)28(19-22-10-5-3-6-11-22)42-34(47)48-30(23-12-7-4-8-13-23)35(37,38)25-14-9-15-26(36)21-25/h3-15,21,24,27-30,43H,2,16-20H2,1H3,(H,39,46)(H,40,44)(H,41,45)(H,42,47)/t24-,27-,28-,29?,30?/m0/s1. The minimum Gasteiger partial charge on any atom is -0.434 e. The maximum atomic E-state index is 16.0. The molecule has 1 aliphatic heterocycles. The van der Waals surface area contributed by atoms with Crippen LogP contribution in [0, 0.1) is 5.92 Å². The van der Waals surface area contributed by atoms with Crippen LogP contribution in [0.1, 0.15) is 49.0 Å². The van der Waals surface area contributed by atoms with Gasteiger partial charge >= 0.3 is 12.0 Å². The van der Waals surface area contributed by atoms with E-state index in [9.17, 15) is 24.3 Å². The van der Waals surface area contributed by atoms with Gasteiger partial charge in [0.05, 0.1) is 6.04 Å². The largest absolute Gasteiger partial charge is 0.434 e. The maximum absolute atomic E-state index is 16.0. The number of hydrogen-bond acceptors (Lipinski definition) is 6. The predicted octanol–water partition coefficient (Wildman–Crippen LogP) is 4.41. The molecule has 0 aromatic heterocycles. The molecule has 0 radical (unpaired) electrons. The van der Waals surface area contributed by atoms with E-state index in [1.807, 2.05) is 6.92 Å². The third kappa shape index (κ3) is 9.74. The second-order valence-corrected chi connectivity index (χ2v) is 12.0. The summed E-state index contributed by atoms with van der Waals surface area (Å²) in [5, 5.41) is 21.3. The lowest BCUT2D eigenvalue weighted by Gasteiger charge is -2.30. The lowest BCUT2D eigenvalue weighted by Crippen LogP contribution is -2.57. The van der Waals surface area contributed by atoms with Crippen LogP contribution in [0.2, 0.25) is 5.02 Å². The number of hydrogen-bond donors (Lipinski definition) is 5. The van der Waals surface area contributed by atoms with E-state index in [2.05, 4.69) is 21.3 Å². The minimum atomic E-state index is -3.73. The Bertz CT molecular complexity index is 1550. The first-order chi connectivity index (χ1) is 23.0. The molecule has 13 heteroatoms. The number of nitrogens with one attached hydrogen (secondary N) is 4. The Kier molecular flexibility index (Phi) is 12.9. The monoisotopic (exact) mass is 684 g/mol. The van der Waals surface area contributed by atoms with Gasteiger partial charge < -0.3 is 31.1 Å². The number of benzene rings is 3. The van der Waals surface area contributed by atoms with Crippen LogP contribution in [0.15, 0.2) is 84.9 Å². The molecular formula is C35H39ClF2N4O6. The van der Waals surface area contributed by atoms with Crippen LogP contribution in [-0.2, 0) is 31.5 Å². The highest BCUT2D eigenvalue weighted by atomic mass is 35.5. The van der Waals surface area contributed by atoms with Crippen LogP contribution in [0.5, 0.6) is 0 Å². The van der Waals surface area contributed by atoms with Gasteiger partial charge in [0.15, 0.2) is 12.2 Å². The number of alkyl halides is 2. The second-order valence-electron chi connectivity index (χ2n) is 11.6. The minimum absolute atomic E-state index is 0.00203. The fraction of sp³-hybridized carbons (Fsp3) is 0.371. The molecule has 3 aromatic rings. The highest BCUT2D eigenvalue weighted by Crippen LogP contribution is 2.43. The molecule has 5 atom stereocenters. The van der Waals surface area contributed by atoms with Crippen molar-refractivity contribution in [2.45, 2.75) is 62.8 Å². The molecule has 4 amide bonds. The fourth-order valence-electron chi connectivity index (χ4n) is 5.43. The molecule has 1 fully saturated rings. The van der Waals surface area contributed by atoms with Crippen molar-refractivity contribution < 1.29 is 37.8 Å². The number of alkyl carbamates (subject to hydrolysis) is 1. The third-order valence-corrected chi connectivity index (χ3v) is 8.22. The normalized spacial score (nSPS) is 16.9. The van der Waals surface area contributed by atoms with Crippen molar-refractivity contribution in [2.24, 2.45) is 5.92 Å². The molecule has 1 heterocycles. The van der Waals surface area contributed by atoms with Crippen molar-refractivity contribution in [2.75, 3.05) is 13.1 Å². The first-order valence-electron chi connectivity index (χ1n) is 15.7. The van der Waals surface area contributed by atoms with Gasteiger partial charge in [-0.25, -0.2) is 4.79 Å². The van der Waals surface area contributed by atoms with E-state index < -0.39 is 59.6 Å². The maximum Gasteiger partial charge on any atom is 0.408 e. The molecule has 3 aromatic carbocycles. The topological polar surface area (TPSA) is 146 Å². The fourth-order valence-corrected chi connectivity index (χ4v) is 5.62. The average Bonchev–Trinajstić information content (AvgIpc) is 3.49. The van der Waals surface area contributed by atoms with E-state index in [1.54, 1.807) is 36.4 Å².